The molecular formula is C17H18ClF3N2O2S. The van der Waals surface area contributed by atoms with Crippen LogP contribution in [0.2, 0.25) is 5.02 Å². The van der Waals surface area contributed by atoms with Gasteiger partial charge in [-0.05, 0) is 37.9 Å². The first-order chi connectivity index (χ1) is 12.0. The smallest absolute Gasteiger partial charge is 0.301 e. The molecule has 0 spiro atoms. The second-order valence-electron chi connectivity index (χ2n) is 5.88. The molecule has 0 aromatic heterocycles. The summed E-state index contributed by atoms with van der Waals surface area (Å²) in [6, 6.07) is 11.4. The summed E-state index contributed by atoms with van der Waals surface area (Å²) in [7, 11) is -0.556. The van der Waals surface area contributed by atoms with Crippen molar-refractivity contribution in [1.29, 1.82) is 0 Å². The Labute approximate surface area is 155 Å². The van der Waals surface area contributed by atoms with Crippen LogP contribution >= 0.6 is 11.6 Å². The molecule has 0 saturated heterocycles. The second kappa shape index (κ2) is 7.96. The fourth-order valence-corrected chi connectivity index (χ4v) is 3.72. The minimum atomic E-state index is -4.74. The lowest BCUT2D eigenvalue weighted by molar-refractivity contribution is -0.137. The fourth-order valence-electron chi connectivity index (χ4n) is 2.43. The molecule has 1 N–H and O–H groups in total. The molecule has 26 heavy (non-hydrogen) atoms. The van der Waals surface area contributed by atoms with Gasteiger partial charge in [0.15, 0.2) is 0 Å². The first-order valence-electron chi connectivity index (χ1n) is 7.60. The Kier molecular flexibility index (Phi) is 6.33. The van der Waals surface area contributed by atoms with E-state index in [2.05, 4.69) is 4.72 Å². The average Bonchev–Trinajstić information content (AvgIpc) is 2.54. The van der Waals surface area contributed by atoms with Crippen molar-refractivity contribution in [3.05, 3.63) is 64.7 Å². The Morgan fingerprint density at radius 1 is 1.12 bits per heavy atom. The highest BCUT2D eigenvalue weighted by molar-refractivity contribution is 7.89. The normalized spacial score (nSPS) is 13.8. The molecule has 142 valence electrons. The molecule has 4 nitrogen and oxygen atoms in total. The van der Waals surface area contributed by atoms with Gasteiger partial charge < -0.3 is 4.90 Å². The van der Waals surface area contributed by atoms with Gasteiger partial charge in [-0.2, -0.15) is 13.2 Å². The summed E-state index contributed by atoms with van der Waals surface area (Å²) in [6.07, 6.45) is -4.74. The van der Waals surface area contributed by atoms with Crippen molar-refractivity contribution in [2.24, 2.45) is 0 Å². The van der Waals surface area contributed by atoms with Crippen molar-refractivity contribution >= 4 is 21.6 Å². The number of nitrogens with one attached hydrogen (secondary N) is 1. The number of benzene rings is 2. The maximum atomic E-state index is 13.0. The highest BCUT2D eigenvalue weighted by atomic mass is 35.5. The minimum Gasteiger partial charge on any atom is -0.301 e. The Morgan fingerprint density at radius 2 is 1.73 bits per heavy atom. The lowest BCUT2D eigenvalue weighted by Gasteiger charge is -2.25. The van der Waals surface area contributed by atoms with Gasteiger partial charge in [0.2, 0.25) is 10.0 Å². The Hall–Kier alpha value is -1.61. The number of likely N-dealkylation sites (N-methyl/N-ethyl adjacent to an activating group) is 1. The summed E-state index contributed by atoms with van der Waals surface area (Å²) >= 11 is 5.54. The summed E-state index contributed by atoms with van der Waals surface area (Å²) in [5.74, 6) is 0. The first kappa shape index (κ1) is 20.7. The summed E-state index contributed by atoms with van der Waals surface area (Å²) in [5.41, 5.74) is -0.304. The molecule has 0 bridgehead atoms. The number of rotatable bonds is 6. The molecule has 0 radical (unpaired) electrons. The summed E-state index contributed by atoms with van der Waals surface area (Å²) in [6.45, 7) is 0.00330. The Bertz CT molecular complexity index is 856. The maximum absolute atomic E-state index is 13.0. The Morgan fingerprint density at radius 3 is 2.27 bits per heavy atom. The van der Waals surface area contributed by atoms with Crippen molar-refractivity contribution in [1.82, 2.24) is 9.62 Å². The van der Waals surface area contributed by atoms with E-state index in [1.54, 1.807) is 14.1 Å². The number of hydrogen-bond donors (Lipinski definition) is 1. The third kappa shape index (κ3) is 4.97. The molecule has 2 aromatic carbocycles. The van der Waals surface area contributed by atoms with Gasteiger partial charge in [0, 0.05) is 12.6 Å². The zero-order chi connectivity index (χ0) is 19.5. The van der Waals surface area contributed by atoms with Crippen molar-refractivity contribution in [2.75, 3.05) is 20.6 Å². The van der Waals surface area contributed by atoms with E-state index in [1.165, 1.54) is 0 Å². The van der Waals surface area contributed by atoms with Crippen LogP contribution in [-0.2, 0) is 16.2 Å². The highest BCUT2D eigenvalue weighted by Gasteiger charge is 2.34. The minimum absolute atomic E-state index is 0.00330. The number of alkyl halides is 3. The predicted molar refractivity (Wildman–Crippen MR) is 94.5 cm³/mol. The van der Waals surface area contributed by atoms with E-state index >= 15 is 0 Å². The van der Waals surface area contributed by atoms with E-state index in [-0.39, 0.29) is 12.6 Å². The van der Waals surface area contributed by atoms with Crippen LogP contribution in [0, 0.1) is 0 Å². The molecule has 0 saturated carbocycles. The quantitative estimate of drug-likeness (QED) is 0.790. The van der Waals surface area contributed by atoms with Crippen LogP contribution in [0.15, 0.2) is 53.4 Å². The van der Waals surface area contributed by atoms with Crippen LogP contribution in [0.1, 0.15) is 17.2 Å². The molecular weight excluding hydrogens is 389 g/mol. The van der Waals surface area contributed by atoms with E-state index in [4.69, 9.17) is 11.6 Å². The van der Waals surface area contributed by atoms with Gasteiger partial charge in [-0.3, -0.25) is 0 Å². The van der Waals surface area contributed by atoms with Gasteiger partial charge in [0.25, 0.3) is 0 Å². The van der Waals surface area contributed by atoms with Crippen LogP contribution < -0.4 is 4.72 Å². The molecule has 0 fully saturated rings. The number of nitrogens with zero attached hydrogens (tertiary/aromatic N) is 1. The molecule has 2 rings (SSSR count). The second-order valence-corrected chi connectivity index (χ2v) is 8.06. The van der Waals surface area contributed by atoms with Crippen LogP contribution in [0.4, 0.5) is 13.2 Å². The zero-order valence-electron chi connectivity index (χ0n) is 14.1. The summed E-state index contributed by atoms with van der Waals surface area (Å²) < 4.78 is 66.1. The molecule has 0 amide bonds. The molecule has 9 heteroatoms. The van der Waals surface area contributed by atoms with Gasteiger partial charge in [0.05, 0.1) is 15.5 Å². The largest absolute Gasteiger partial charge is 0.417 e. The van der Waals surface area contributed by atoms with Crippen molar-refractivity contribution in [3.8, 4) is 0 Å². The summed E-state index contributed by atoms with van der Waals surface area (Å²) in [5, 5.41) is -0.549. The lowest BCUT2D eigenvalue weighted by atomic mass is 10.1. The molecule has 0 aliphatic carbocycles. The third-order valence-electron chi connectivity index (χ3n) is 3.83. The molecule has 0 aliphatic rings. The van der Waals surface area contributed by atoms with Crippen molar-refractivity contribution in [2.45, 2.75) is 17.1 Å². The van der Waals surface area contributed by atoms with Crippen LogP contribution in [0.5, 0.6) is 0 Å². The third-order valence-corrected chi connectivity index (χ3v) is 5.58. The number of halogens is 4. The van der Waals surface area contributed by atoms with Gasteiger partial charge in [-0.1, -0.05) is 41.9 Å². The maximum Gasteiger partial charge on any atom is 0.417 e. The van der Waals surface area contributed by atoms with Gasteiger partial charge >= 0.3 is 6.18 Å². The van der Waals surface area contributed by atoms with E-state index in [9.17, 15) is 21.6 Å². The molecule has 0 aliphatic heterocycles. The standard InChI is InChI=1S/C17H18ClF3N2O2S/c1-23(2)16(12-6-4-3-5-7-12)11-22-26(24,25)13-8-9-15(18)14(10-13)17(19,20)21/h3-10,16,22H,11H2,1-2H3. The molecule has 1 unspecified atom stereocenters. The highest BCUT2D eigenvalue weighted by Crippen LogP contribution is 2.35. The van der Waals surface area contributed by atoms with Crippen LogP contribution in [-0.4, -0.2) is 34.0 Å². The fraction of sp³-hybridized carbons (Fsp3) is 0.294. The van der Waals surface area contributed by atoms with Crippen LogP contribution in [0.3, 0.4) is 0 Å². The number of sulfonamides is 1. The topological polar surface area (TPSA) is 49.4 Å². The number of hydrogen-bond acceptors (Lipinski definition) is 3. The zero-order valence-corrected chi connectivity index (χ0v) is 15.7. The van der Waals surface area contributed by atoms with E-state index < -0.39 is 31.7 Å². The van der Waals surface area contributed by atoms with E-state index in [1.807, 2.05) is 35.2 Å². The van der Waals surface area contributed by atoms with Gasteiger partial charge in [-0.25, -0.2) is 13.1 Å². The van der Waals surface area contributed by atoms with E-state index in [0.717, 1.165) is 17.7 Å². The SMILES string of the molecule is CN(C)C(CNS(=O)(=O)c1ccc(Cl)c(C(F)(F)F)c1)c1ccccc1. The van der Waals surface area contributed by atoms with Crippen molar-refractivity contribution < 1.29 is 21.6 Å². The van der Waals surface area contributed by atoms with Gasteiger partial charge in [0.1, 0.15) is 0 Å². The Balaban J connectivity index is 2.26. The van der Waals surface area contributed by atoms with E-state index in [0.29, 0.717) is 6.07 Å². The van der Waals surface area contributed by atoms with Gasteiger partial charge in [-0.15, -0.1) is 0 Å². The van der Waals surface area contributed by atoms with Crippen LogP contribution in [0.25, 0.3) is 0 Å². The monoisotopic (exact) mass is 406 g/mol. The predicted octanol–water partition coefficient (Wildman–Crippen LogP) is 3.94. The summed E-state index contributed by atoms with van der Waals surface area (Å²) in [4.78, 5) is 1.33. The first-order valence-corrected chi connectivity index (χ1v) is 9.46. The molecule has 1 atom stereocenters. The average molecular weight is 407 g/mol. The molecule has 2 aromatic rings. The van der Waals surface area contributed by atoms with Crippen molar-refractivity contribution in [3.63, 3.8) is 0 Å². The lowest BCUT2D eigenvalue weighted by Crippen LogP contribution is -2.34. The molecule has 0 heterocycles.